The molecule has 41 heavy (non-hydrogen) atoms. The molecule has 5 aliphatic carbocycles. The number of allylic oxidation sites excluding steroid dienone is 1. The Hall–Kier alpha value is -1.61. The fourth-order valence-corrected chi connectivity index (χ4v) is 12.7. The standard InChI is InChI=1S/C38H57NO2/c1-25(2)27-15-21-38(33(41)39-24-18-26-11-9-8-10-12-26)23-22-36(6)28(32(27)38)13-14-30-35(5)19-17-31(40)34(3,4)29(35)16-20-37(30,36)7/h8-12,27-32,40H,1,13-24H2,2-7H3,(H,39,41)/t27-,28?,29?,30?,31-,32?,35-,36+,37+,38-/m0/s1. The van der Waals surface area contributed by atoms with Gasteiger partial charge in [-0.05, 0) is 134 Å². The van der Waals surface area contributed by atoms with Crippen LogP contribution in [0.3, 0.4) is 0 Å². The van der Waals surface area contributed by atoms with Crippen LogP contribution in [-0.2, 0) is 11.2 Å². The lowest BCUT2D eigenvalue weighted by Gasteiger charge is -2.72. The Morgan fingerprint density at radius 3 is 2.32 bits per heavy atom. The summed E-state index contributed by atoms with van der Waals surface area (Å²) in [6, 6.07) is 10.6. The van der Waals surface area contributed by atoms with Crippen LogP contribution in [0.1, 0.15) is 111 Å². The average molecular weight is 560 g/mol. The van der Waals surface area contributed by atoms with Gasteiger partial charge in [0, 0.05) is 6.54 Å². The van der Waals surface area contributed by atoms with Gasteiger partial charge in [0.2, 0.25) is 5.91 Å². The molecule has 0 aromatic heterocycles. The van der Waals surface area contributed by atoms with E-state index in [1.54, 1.807) is 0 Å². The van der Waals surface area contributed by atoms with Crippen LogP contribution in [0.4, 0.5) is 0 Å². The zero-order valence-corrected chi connectivity index (χ0v) is 26.9. The van der Waals surface area contributed by atoms with Crippen LogP contribution in [0.5, 0.6) is 0 Å². The van der Waals surface area contributed by atoms with Crippen LogP contribution in [0.25, 0.3) is 0 Å². The topological polar surface area (TPSA) is 49.3 Å². The summed E-state index contributed by atoms with van der Waals surface area (Å²) in [6.07, 6.45) is 12.2. The first-order valence-corrected chi connectivity index (χ1v) is 17.0. The number of amides is 1. The third-order valence-electron chi connectivity index (χ3n) is 15.0. The predicted octanol–water partition coefficient (Wildman–Crippen LogP) is 8.36. The van der Waals surface area contributed by atoms with Gasteiger partial charge in [-0.2, -0.15) is 0 Å². The second kappa shape index (κ2) is 9.96. The quantitative estimate of drug-likeness (QED) is 0.356. The first kappa shape index (κ1) is 29.5. The lowest BCUT2D eigenvalue weighted by atomic mass is 9.32. The van der Waals surface area contributed by atoms with Gasteiger partial charge in [0.25, 0.3) is 0 Å². The summed E-state index contributed by atoms with van der Waals surface area (Å²) >= 11 is 0. The van der Waals surface area contributed by atoms with Gasteiger partial charge >= 0.3 is 0 Å². The summed E-state index contributed by atoms with van der Waals surface area (Å²) in [6.45, 7) is 20.1. The zero-order chi connectivity index (χ0) is 29.4. The molecule has 5 fully saturated rings. The van der Waals surface area contributed by atoms with E-state index in [1.807, 2.05) is 0 Å². The number of aliphatic hydroxyl groups is 1. The van der Waals surface area contributed by atoms with Gasteiger partial charge in [0.1, 0.15) is 0 Å². The number of hydrogen-bond donors (Lipinski definition) is 2. The molecule has 4 unspecified atom stereocenters. The van der Waals surface area contributed by atoms with Crippen LogP contribution in [0.15, 0.2) is 42.5 Å². The molecule has 5 aliphatic rings. The first-order valence-electron chi connectivity index (χ1n) is 17.0. The molecule has 6 rings (SSSR count). The van der Waals surface area contributed by atoms with E-state index in [-0.39, 0.29) is 33.2 Å². The fourth-order valence-electron chi connectivity index (χ4n) is 12.7. The Morgan fingerprint density at radius 1 is 0.878 bits per heavy atom. The minimum absolute atomic E-state index is 0.0118. The van der Waals surface area contributed by atoms with Crippen LogP contribution in [0, 0.1) is 56.7 Å². The highest BCUT2D eigenvalue weighted by molar-refractivity contribution is 5.84. The van der Waals surface area contributed by atoms with E-state index < -0.39 is 0 Å². The second-order valence-corrected chi connectivity index (χ2v) is 16.7. The molecule has 0 heterocycles. The maximum absolute atomic E-state index is 14.3. The maximum Gasteiger partial charge on any atom is 0.226 e. The predicted molar refractivity (Wildman–Crippen MR) is 168 cm³/mol. The third-order valence-corrected chi connectivity index (χ3v) is 15.0. The minimum Gasteiger partial charge on any atom is -0.393 e. The molecule has 1 aromatic rings. The number of nitrogens with one attached hydrogen (secondary N) is 1. The van der Waals surface area contributed by atoms with Gasteiger partial charge in [-0.15, -0.1) is 0 Å². The smallest absolute Gasteiger partial charge is 0.226 e. The molecule has 3 nitrogen and oxygen atoms in total. The molecule has 0 bridgehead atoms. The van der Waals surface area contributed by atoms with Crippen LogP contribution in [-0.4, -0.2) is 23.7 Å². The highest BCUT2D eigenvalue weighted by atomic mass is 16.3. The third kappa shape index (κ3) is 4.10. The van der Waals surface area contributed by atoms with E-state index in [0.717, 1.165) is 45.1 Å². The number of hydrogen-bond acceptors (Lipinski definition) is 2. The van der Waals surface area contributed by atoms with Crippen molar-refractivity contribution in [2.45, 2.75) is 118 Å². The van der Waals surface area contributed by atoms with Gasteiger partial charge in [0.15, 0.2) is 0 Å². The summed E-state index contributed by atoms with van der Waals surface area (Å²) in [5.41, 5.74) is 3.13. The maximum atomic E-state index is 14.3. The first-order chi connectivity index (χ1) is 19.3. The molecule has 5 saturated carbocycles. The molecule has 10 atom stereocenters. The van der Waals surface area contributed by atoms with Crippen molar-refractivity contribution in [1.82, 2.24) is 5.32 Å². The number of carbonyl (C=O) groups is 1. The van der Waals surface area contributed by atoms with Crippen LogP contribution < -0.4 is 5.32 Å². The number of rotatable bonds is 5. The lowest BCUT2D eigenvalue weighted by molar-refractivity contribution is -0.246. The summed E-state index contributed by atoms with van der Waals surface area (Å²) in [5.74, 6) is 3.04. The summed E-state index contributed by atoms with van der Waals surface area (Å²) < 4.78 is 0. The molecule has 0 radical (unpaired) electrons. The summed E-state index contributed by atoms with van der Waals surface area (Å²) in [5, 5.41) is 14.5. The van der Waals surface area contributed by atoms with Crippen molar-refractivity contribution in [3.05, 3.63) is 48.0 Å². The van der Waals surface area contributed by atoms with Crippen molar-refractivity contribution >= 4 is 5.91 Å². The van der Waals surface area contributed by atoms with Gasteiger partial charge < -0.3 is 10.4 Å². The van der Waals surface area contributed by atoms with Crippen molar-refractivity contribution in [3.8, 4) is 0 Å². The van der Waals surface area contributed by atoms with Crippen LogP contribution >= 0.6 is 0 Å². The zero-order valence-electron chi connectivity index (χ0n) is 26.9. The van der Waals surface area contributed by atoms with Gasteiger partial charge in [-0.3, -0.25) is 4.79 Å². The number of aliphatic hydroxyl groups excluding tert-OH is 1. The van der Waals surface area contributed by atoms with Crippen LogP contribution in [0.2, 0.25) is 0 Å². The highest BCUT2D eigenvalue weighted by Gasteiger charge is 2.71. The number of carbonyl (C=O) groups excluding carboxylic acids is 1. The largest absolute Gasteiger partial charge is 0.393 e. The Morgan fingerprint density at radius 2 is 1.61 bits per heavy atom. The minimum atomic E-state index is -0.244. The molecule has 1 amide bonds. The van der Waals surface area contributed by atoms with Gasteiger partial charge in [0.05, 0.1) is 11.5 Å². The number of fused-ring (bicyclic) bond motifs is 7. The normalized spacial score (nSPS) is 46.4. The van der Waals surface area contributed by atoms with Crippen molar-refractivity contribution < 1.29 is 9.90 Å². The van der Waals surface area contributed by atoms with E-state index in [2.05, 4.69) is 83.8 Å². The molecule has 0 saturated heterocycles. The van der Waals surface area contributed by atoms with E-state index in [4.69, 9.17) is 0 Å². The molecule has 3 heteroatoms. The molecule has 0 spiro atoms. The summed E-state index contributed by atoms with van der Waals surface area (Å²) in [7, 11) is 0. The van der Waals surface area contributed by atoms with E-state index in [9.17, 15) is 9.90 Å². The van der Waals surface area contributed by atoms with Crippen molar-refractivity contribution in [1.29, 1.82) is 0 Å². The number of benzene rings is 1. The second-order valence-electron chi connectivity index (χ2n) is 16.7. The Balaban J connectivity index is 1.30. The molecule has 2 N–H and O–H groups in total. The van der Waals surface area contributed by atoms with E-state index in [1.165, 1.54) is 43.2 Å². The average Bonchev–Trinajstić information content (AvgIpc) is 3.33. The van der Waals surface area contributed by atoms with Crippen molar-refractivity contribution in [3.63, 3.8) is 0 Å². The van der Waals surface area contributed by atoms with Gasteiger partial charge in [-0.1, -0.05) is 77.1 Å². The fraction of sp³-hybridized carbons (Fsp3) is 0.763. The Bertz CT molecular complexity index is 1170. The molecule has 0 aliphatic heterocycles. The summed E-state index contributed by atoms with van der Waals surface area (Å²) in [4.78, 5) is 14.3. The van der Waals surface area contributed by atoms with E-state index >= 15 is 0 Å². The molecule has 1 aromatic carbocycles. The lowest BCUT2D eigenvalue weighted by Crippen LogP contribution is -2.67. The van der Waals surface area contributed by atoms with Crippen molar-refractivity contribution in [2.24, 2.45) is 56.7 Å². The Labute approximate surface area is 250 Å². The SMILES string of the molecule is C=C(C)[C@@H]1CC[C@]2(C(=O)NCCc3ccccc3)CC[C@]3(C)C(CCC4[C@@]5(C)CC[C@H](O)C(C)(C)C5CC[C@]43C)C12. The van der Waals surface area contributed by atoms with E-state index in [0.29, 0.717) is 35.5 Å². The molecular formula is C38H57NO2. The molecular weight excluding hydrogens is 502 g/mol. The molecule has 226 valence electrons. The van der Waals surface area contributed by atoms with Gasteiger partial charge in [-0.25, -0.2) is 0 Å². The monoisotopic (exact) mass is 559 g/mol. The highest BCUT2D eigenvalue weighted by Crippen LogP contribution is 2.77. The Kier molecular flexibility index (Phi) is 7.16. The van der Waals surface area contributed by atoms with Crippen molar-refractivity contribution in [2.75, 3.05) is 6.54 Å².